The molecule has 0 aliphatic rings. The maximum absolute atomic E-state index is 11.7. The molecule has 1 atom stereocenters. The summed E-state index contributed by atoms with van der Waals surface area (Å²) in [6.45, 7) is 3.85. The minimum absolute atomic E-state index is 0.138. The summed E-state index contributed by atoms with van der Waals surface area (Å²) in [5.74, 6) is -1.79. The molecule has 1 aromatic rings. The fourth-order valence-corrected chi connectivity index (χ4v) is 1.77. The van der Waals surface area contributed by atoms with Crippen LogP contribution in [0.5, 0.6) is 0 Å². The SMILES string of the molecule is CC(C)C[C@H](NC(=O)CNC(=O)CCn1cncn1)C(=O)O. The van der Waals surface area contributed by atoms with E-state index in [1.54, 1.807) is 0 Å². The normalized spacial score (nSPS) is 12.0. The van der Waals surface area contributed by atoms with E-state index in [1.807, 2.05) is 13.8 Å². The molecule has 9 heteroatoms. The number of carbonyl (C=O) groups is 3. The van der Waals surface area contributed by atoms with Crippen molar-refractivity contribution in [3.8, 4) is 0 Å². The fourth-order valence-electron chi connectivity index (χ4n) is 1.77. The van der Waals surface area contributed by atoms with E-state index in [9.17, 15) is 14.4 Å². The predicted octanol–water partition coefficient (Wildman–Crippen LogP) is -0.600. The van der Waals surface area contributed by atoms with Crippen LogP contribution in [0.2, 0.25) is 0 Å². The molecule has 122 valence electrons. The number of rotatable bonds is 9. The van der Waals surface area contributed by atoms with Crippen LogP contribution in [0.4, 0.5) is 0 Å². The Balaban J connectivity index is 2.28. The molecule has 0 bridgehead atoms. The number of carbonyl (C=O) groups excluding carboxylic acids is 2. The molecule has 9 nitrogen and oxygen atoms in total. The summed E-state index contributed by atoms with van der Waals surface area (Å²) in [7, 11) is 0. The molecule has 0 unspecified atom stereocenters. The molecular formula is C13H21N5O4. The highest BCUT2D eigenvalue weighted by molar-refractivity contribution is 5.87. The fraction of sp³-hybridized carbons (Fsp3) is 0.615. The van der Waals surface area contributed by atoms with E-state index in [0.29, 0.717) is 13.0 Å². The van der Waals surface area contributed by atoms with Crippen LogP contribution in [0.1, 0.15) is 26.7 Å². The van der Waals surface area contributed by atoms with Crippen LogP contribution >= 0.6 is 0 Å². The Morgan fingerprint density at radius 1 is 1.27 bits per heavy atom. The molecule has 0 radical (unpaired) electrons. The number of carboxylic acids is 1. The van der Waals surface area contributed by atoms with Crippen LogP contribution < -0.4 is 10.6 Å². The predicted molar refractivity (Wildman–Crippen MR) is 76.7 cm³/mol. The third-order valence-corrected chi connectivity index (χ3v) is 2.82. The first-order chi connectivity index (χ1) is 10.4. The second-order valence-electron chi connectivity index (χ2n) is 5.27. The second-order valence-corrected chi connectivity index (χ2v) is 5.27. The van der Waals surface area contributed by atoms with Gasteiger partial charge in [0.15, 0.2) is 0 Å². The molecule has 1 rings (SSSR count). The molecule has 0 saturated carbocycles. The minimum atomic E-state index is -1.08. The smallest absolute Gasteiger partial charge is 0.326 e. The lowest BCUT2D eigenvalue weighted by molar-refractivity contribution is -0.142. The Hall–Kier alpha value is -2.45. The molecule has 0 fully saturated rings. The number of nitrogens with one attached hydrogen (secondary N) is 2. The third kappa shape index (κ3) is 6.82. The molecule has 1 heterocycles. The van der Waals surface area contributed by atoms with Crippen LogP contribution in [-0.2, 0) is 20.9 Å². The van der Waals surface area contributed by atoms with Crippen molar-refractivity contribution in [3.63, 3.8) is 0 Å². The number of hydrogen-bond acceptors (Lipinski definition) is 5. The van der Waals surface area contributed by atoms with Crippen molar-refractivity contribution < 1.29 is 19.5 Å². The highest BCUT2D eigenvalue weighted by atomic mass is 16.4. The summed E-state index contributed by atoms with van der Waals surface area (Å²) in [6, 6.07) is -0.945. The summed E-state index contributed by atoms with van der Waals surface area (Å²) in [5.41, 5.74) is 0. The lowest BCUT2D eigenvalue weighted by Crippen LogP contribution is -2.46. The van der Waals surface area contributed by atoms with E-state index in [2.05, 4.69) is 20.7 Å². The zero-order chi connectivity index (χ0) is 16.5. The maximum Gasteiger partial charge on any atom is 0.326 e. The van der Waals surface area contributed by atoms with Gasteiger partial charge < -0.3 is 15.7 Å². The Morgan fingerprint density at radius 3 is 2.55 bits per heavy atom. The van der Waals surface area contributed by atoms with Crippen LogP contribution in [0.15, 0.2) is 12.7 Å². The summed E-state index contributed by atoms with van der Waals surface area (Å²) in [6.07, 6.45) is 3.35. The van der Waals surface area contributed by atoms with Crippen molar-refractivity contribution in [1.82, 2.24) is 25.4 Å². The van der Waals surface area contributed by atoms with Crippen molar-refractivity contribution in [2.24, 2.45) is 5.92 Å². The minimum Gasteiger partial charge on any atom is -0.480 e. The van der Waals surface area contributed by atoms with Crippen LogP contribution in [0, 0.1) is 5.92 Å². The van der Waals surface area contributed by atoms with Crippen molar-refractivity contribution in [2.45, 2.75) is 39.3 Å². The van der Waals surface area contributed by atoms with Crippen molar-refractivity contribution in [2.75, 3.05) is 6.54 Å². The molecule has 0 aromatic carbocycles. The Bertz CT molecular complexity index is 501. The van der Waals surface area contributed by atoms with Gasteiger partial charge in [0.25, 0.3) is 0 Å². The highest BCUT2D eigenvalue weighted by Gasteiger charge is 2.21. The van der Waals surface area contributed by atoms with Gasteiger partial charge in [0.2, 0.25) is 11.8 Å². The van der Waals surface area contributed by atoms with Gasteiger partial charge in [-0.15, -0.1) is 0 Å². The molecular weight excluding hydrogens is 290 g/mol. The van der Waals surface area contributed by atoms with Gasteiger partial charge in [0, 0.05) is 6.42 Å². The van der Waals surface area contributed by atoms with Gasteiger partial charge >= 0.3 is 5.97 Å². The average Bonchev–Trinajstić information content (AvgIpc) is 2.94. The van der Waals surface area contributed by atoms with E-state index in [-0.39, 0.29) is 24.8 Å². The average molecular weight is 311 g/mol. The van der Waals surface area contributed by atoms with Crippen LogP contribution in [0.3, 0.4) is 0 Å². The summed E-state index contributed by atoms with van der Waals surface area (Å²) >= 11 is 0. The molecule has 0 saturated heterocycles. The first-order valence-corrected chi connectivity index (χ1v) is 6.99. The zero-order valence-electron chi connectivity index (χ0n) is 12.7. The molecule has 0 aliphatic carbocycles. The maximum atomic E-state index is 11.7. The topological polar surface area (TPSA) is 126 Å². The molecule has 0 spiro atoms. The van der Waals surface area contributed by atoms with Gasteiger partial charge in [-0.3, -0.25) is 14.3 Å². The number of carboxylic acid groups (broad SMARTS) is 1. The van der Waals surface area contributed by atoms with Gasteiger partial charge in [-0.25, -0.2) is 9.78 Å². The molecule has 0 aliphatic heterocycles. The Morgan fingerprint density at radius 2 is 2.00 bits per heavy atom. The number of aliphatic carboxylic acids is 1. The zero-order valence-corrected chi connectivity index (χ0v) is 12.7. The lowest BCUT2D eigenvalue weighted by Gasteiger charge is -2.16. The monoisotopic (exact) mass is 311 g/mol. The van der Waals surface area contributed by atoms with Gasteiger partial charge in [-0.2, -0.15) is 5.10 Å². The van der Waals surface area contributed by atoms with Gasteiger partial charge in [0.1, 0.15) is 18.7 Å². The quantitative estimate of drug-likeness (QED) is 0.559. The molecule has 1 aromatic heterocycles. The van der Waals surface area contributed by atoms with E-state index < -0.39 is 17.9 Å². The summed E-state index contributed by atoms with van der Waals surface area (Å²) < 4.78 is 1.50. The largest absolute Gasteiger partial charge is 0.480 e. The molecule has 2 amide bonds. The highest BCUT2D eigenvalue weighted by Crippen LogP contribution is 2.04. The number of nitrogens with zero attached hydrogens (tertiary/aromatic N) is 3. The van der Waals surface area contributed by atoms with E-state index >= 15 is 0 Å². The standard InChI is InChI=1S/C13H21N5O4/c1-9(2)5-10(13(21)22)17-12(20)6-15-11(19)3-4-18-8-14-7-16-18/h7-10H,3-6H2,1-2H3,(H,15,19)(H,17,20)(H,21,22)/t10-/m0/s1. The lowest BCUT2D eigenvalue weighted by atomic mass is 10.0. The molecule has 3 N–H and O–H groups in total. The van der Waals surface area contributed by atoms with E-state index in [4.69, 9.17) is 5.11 Å². The number of aryl methyl sites for hydroxylation is 1. The Kier molecular flexibility index (Phi) is 7.00. The first-order valence-electron chi connectivity index (χ1n) is 6.99. The van der Waals surface area contributed by atoms with Crippen molar-refractivity contribution in [1.29, 1.82) is 0 Å². The number of amides is 2. The van der Waals surface area contributed by atoms with Crippen LogP contribution in [-0.4, -0.2) is 50.2 Å². The second kappa shape index (κ2) is 8.75. The summed E-state index contributed by atoms with van der Waals surface area (Å²) in [4.78, 5) is 38.0. The van der Waals surface area contributed by atoms with Crippen LogP contribution in [0.25, 0.3) is 0 Å². The van der Waals surface area contributed by atoms with Gasteiger partial charge in [0.05, 0.1) is 13.1 Å². The van der Waals surface area contributed by atoms with Gasteiger partial charge in [-0.05, 0) is 12.3 Å². The summed E-state index contributed by atoms with van der Waals surface area (Å²) in [5, 5.41) is 17.7. The van der Waals surface area contributed by atoms with Crippen molar-refractivity contribution in [3.05, 3.63) is 12.7 Å². The van der Waals surface area contributed by atoms with E-state index in [1.165, 1.54) is 17.3 Å². The van der Waals surface area contributed by atoms with Crippen molar-refractivity contribution >= 4 is 17.8 Å². The number of hydrogen-bond donors (Lipinski definition) is 3. The Labute approximate surface area is 128 Å². The van der Waals surface area contributed by atoms with Gasteiger partial charge in [-0.1, -0.05) is 13.8 Å². The third-order valence-electron chi connectivity index (χ3n) is 2.82. The molecule has 22 heavy (non-hydrogen) atoms. The number of aromatic nitrogens is 3. The first kappa shape index (κ1) is 17.6. The van der Waals surface area contributed by atoms with E-state index in [0.717, 1.165) is 0 Å².